The highest BCUT2D eigenvalue weighted by atomic mass is 16.1. The van der Waals surface area contributed by atoms with Gasteiger partial charge in [0.2, 0.25) is 5.95 Å². The number of hydrogen-bond acceptors (Lipinski definition) is 4. The minimum atomic E-state index is -0.226. The maximum absolute atomic E-state index is 11.9. The van der Waals surface area contributed by atoms with E-state index in [0.29, 0.717) is 22.5 Å². The number of benzene rings is 1. The smallest absolute Gasteiger partial charge is 0.260 e. The van der Waals surface area contributed by atoms with Gasteiger partial charge in [0.1, 0.15) is 0 Å². The first-order chi connectivity index (χ1) is 8.63. The molecule has 0 spiro atoms. The van der Waals surface area contributed by atoms with Crippen LogP contribution < -0.4 is 11.3 Å². The molecule has 6 heteroatoms. The van der Waals surface area contributed by atoms with Gasteiger partial charge in [-0.15, -0.1) is 0 Å². The first-order valence-electron chi connectivity index (χ1n) is 5.46. The summed E-state index contributed by atoms with van der Waals surface area (Å²) in [5.41, 5.74) is 7.41. The second-order valence-corrected chi connectivity index (χ2v) is 4.07. The van der Waals surface area contributed by atoms with Crippen LogP contribution in [0.1, 0.15) is 5.69 Å². The second kappa shape index (κ2) is 3.69. The summed E-state index contributed by atoms with van der Waals surface area (Å²) in [6, 6.07) is 6.89. The molecule has 3 rings (SSSR count). The molecule has 0 saturated carbocycles. The van der Waals surface area contributed by atoms with Crippen LogP contribution in [0.2, 0.25) is 0 Å². The summed E-state index contributed by atoms with van der Waals surface area (Å²) in [7, 11) is 0. The van der Waals surface area contributed by atoms with E-state index in [9.17, 15) is 4.79 Å². The quantitative estimate of drug-likeness (QED) is 0.622. The molecule has 3 N–H and O–H groups in total. The van der Waals surface area contributed by atoms with E-state index in [2.05, 4.69) is 15.1 Å². The Morgan fingerprint density at radius 3 is 2.89 bits per heavy atom. The molecule has 0 aliphatic heterocycles. The van der Waals surface area contributed by atoms with Crippen LogP contribution in [0, 0.1) is 6.92 Å². The third kappa shape index (κ3) is 1.64. The van der Waals surface area contributed by atoms with E-state index < -0.39 is 0 Å². The molecule has 2 aromatic heterocycles. The third-order valence-corrected chi connectivity index (χ3v) is 2.66. The van der Waals surface area contributed by atoms with Crippen LogP contribution in [-0.4, -0.2) is 19.7 Å². The van der Waals surface area contributed by atoms with E-state index in [4.69, 9.17) is 5.73 Å². The van der Waals surface area contributed by atoms with Gasteiger partial charge in [-0.25, -0.2) is 9.67 Å². The molecule has 3 aromatic rings. The maximum atomic E-state index is 11.9. The number of H-pyrrole nitrogens is 1. The second-order valence-electron chi connectivity index (χ2n) is 4.07. The summed E-state index contributed by atoms with van der Waals surface area (Å²) in [6.45, 7) is 1.87. The molecule has 0 saturated heterocycles. The average Bonchev–Trinajstić information content (AvgIpc) is 2.77. The van der Waals surface area contributed by atoms with E-state index in [1.807, 2.05) is 13.0 Å². The number of nitrogen functional groups attached to an aromatic ring is 1. The number of rotatable bonds is 1. The van der Waals surface area contributed by atoms with Gasteiger partial charge >= 0.3 is 0 Å². The van der Waals surface area contributed by atoms with Gasteiger partial charge in [-0.1, -0.05) is 0 Å². The van der Waals surface area contributed by atoms with Gasteiger partial charge in [-0.3, -0.25) is 9.78 Å². The minimum Gasteiger partial charge on any atom is -0.399 e. The molecule has 0 amide bonds. The van der Waals surface area contributed by atoms with Crippen LogP contribution in [0.4, 0.5) is 5.69 Å². The highest BCUT2D eigenvalue weighted by Gasteiger charge is 2.06. The van der Waals surface area contributed by atoms with E-state index >= 15 is 0 Å². The molecule has 0 unspecified atom stereocenters. The number of hydrogen-bond donors (Lipinski definition) is 2. The molecular weight excluding hydrogens is 230 g/mol. The molecule has 0 aliphatic rings. The van der Waals surface area contributed by atoms with Crippen molar-refractivity contribution in [2.75, 3.05) is 5.73 Å². The van der Waals surface area contributed by atoms with Gasteiger partial charge in [0.15, 0.2) is 0 Å². The molecule has 0 radical (unpaired) electrons. The molecular formula is C12H11N5O. The van der Waals surface area contributed by atoms with E-state index in [0.717, 1.165) is 5.69 Å². The number of aromatic nitrogens is 4. The van der Waals surface area contributed by atoms with Crippen LogP contribution in [0.25, 0.3) is 16.9 Å². The van der Waals surface area contributed by atoms with Gasteiger partial charge in [0.25, 0.3) is 5.56 Å². The number of aromatic amines is 1. The fourth-order valence-electron chi connectivity index (χ4n) is 1.79. The summed E-state index contributed by atoms with van der Waals surface area (Å²) < 4.78 is 1.53. The molecule has 0 fully saturated rings. The lowest BCUT2D eigenvalue weighted by Gasteiger charge is -2.03. The molecule has 0 bridgehead atoms. The fraction of sp³-hybridized carbons (Fsp3) is 0.0833. The topological polar surface area (TPSA) is 89.6 Å². The van der Waals surface area contributed by atoms with Crippen LogP contribution in [0.15, 0.2) is 35.3 Å². The third-order valence-electron chi connectivity index (χ3n) is 2.66. The molecule has 18 heavy (non-hydrogen) atoms. The zero-order chi connectivity index (χ0) is 12.7. The van der Waals surface area contributed by atoms with Gasteiger partial charge in [-0.05, 0) is 31.2 Å². The minimum absolute atomic E-state index is 0.226. The van der Waals surface area contributed by atoms with Crippen molar-refractivity contribution in [3.8, 4) is 5.95 Å². The molecule has 6 nitrogen and oxygen atoms in total. The van der Waals surface area contributed by atoms with Crippen molar-refractivity contribution in [1.82, 2.24) is 19.7 Å². The van der Waals surface area contributed by atoms with Crippen LogP contribution in [-0.2, 0) is 0 Å². The van der Waals surface area contributed by atoms with Gasteiger partial charge < -0.3 is 5.73 Å². The van der Waals surface area contributed by atoms with Crippen molar-refractivity contribution >= 4 is 16.6 Å². The lowest BCUT2D eigenvalue weighted by Crippen LogP contribution is -2.14. The van der Waals surface area contributed by atoms with Crippen molar-refractivity contribution in [2.24, 2.45) is 0 Å². The summed E-state index contributed by atoms with van der Waals surface area (Å²) in [5, 5.41) is 4.68. The Labute approximate surface area is 102 Å². The molecule has 2 heterocycles. The number of nitrogens with two attached hydrogens (primary N) is 1. The Morgan fingerprint density at radius 1 is 1.33 bits per heavy atom. The first-order valence-corrected chi connectivity index (χ1v) is 5.46. The van der Waals surface area contributed by atoms with Crippen molar-refractivity contribution in [3.05, 3.63) is 46.5 Å². The average molecular weight is 241 g/mol. The Bertz CT molecular complexity index is 787. The monoisotopic (exact) mass is 241 g/mol. The highest BCUT2D eigenvalue weighted by molar-refractivity contribution is 5.81. The van der Waals surface area contributed by atoms with E-state index in [-0.39, 0.29) is 5.56 Å². The SMILES string of the molecule is Cc1ccn(-c2nc3ccc(N)cc3c(=O)[nH]2)n1. The van der Waals surface area contributed by atoms with Crippen LogP contribution in [0.5, 0.6) is 0 Å². The lowest BCUT2D eigenvalue weighted by atomic mass is 10.2. The Morgan fingerprint density at radius 2 is 2.17 bits per heavy atom. The lowest BCUT2D eigenvalue weighted by molar-refractivity contribution is 0.799. The number of anilines is 1. The number of nitrogens with one attached hydrogen (secondary N) is 1. The Balaban J connectivity index is 2.28. The number of aryl methyl sites for hydroxylation is 1. The van der Waals surface area contributed by atoms with Gasteiger partial charge in [-0.2, -0.15) is 5.10 Å². The Hall–Kier alpha value is -2.63. The summed E-state index contributed by atoms with van der Waals surface area (Å²) in [4.78, 5) is 19.0. The van der Waals surface area contributed by atoms with Crippen molar-refractivity contribution in [3.63, 3.8) is 0 Å². The maximum Gasteiger partial charge on any atom is 0.260 e. The Kier molecular flexibility index (Phi) is 2.16. The summed E-state index contributed by atoms with van der Waals surface area (Å²) in [5.74, 6) is 0.394. The van der Waals surface area contributed by atoms with Crippen LogP contribution in [0.3, 0.4) is 0 Å². The van der Waals surface area contributed by atoms with Gasteiger partial charge in [0.05, 0.1) is 16.6 Å². The standard InChI is InChI=1S/C12H11N5O/c1-7-4-5-17(16-7)12-14-10-3-2-8(13)6-9(10)11(18)15-12/h2-6H,13H2,1H3,(H,14,15,18). The largest absolute Gasteiger partial charge is 0.399 e. The van der Waals surface area contributed by atoms with Crippen LogP contribution >= 0.6 is 0 Å². The predicted molar refractivity (Wildman–Crippen MR) is 68.6 cm³/mol. The molecule has 90 valence electrons. The van der Waals surface area contributed by atoms with E-state index in [1.54, 1.807) is 24.4 Å². The summed E-state index contributed by atoms with van der Waals surface area (Å²) in [6.07, 6.45) is 1.75. The molecule has 0 aliphatic carbocycles. The number of nitrogens with zero attached hydrogens (tertiary/aromatic N) is 3. The zero-order valence-electron chi connectivity index (χ0n) is 9.71. The van der Waals surface area contributed by atoms with Crippen molar-refractivity contribution in [2.45, 2.75) is 6.92 Å². The first kappa shape index (κ1) is 10.5. The zero-order valence-corrected chi connectivity index (χ0v) is 9.71. The highest BCUT2D eigenvalue weighted by Crippen LogP contribution is 2.12. The molecule has 1 aromatic carbocycles. The summed E-state index contributed by atoms with van der Waals surface area (Å²) >= 11 is 0. The fourth-order valence-corrected chi connectivity index (χ4v) is 1.79. The molecule has 0 atom stereocenters. The number of fused-ring (bicyclic) bond motifs is 1. The van der Waals surface area contributed by atoms with Crippen molar-refractivity contribution < 1.29 is 0 Å². The van der Waals surface area contributed by atoms with Crippen molar-refractivity contribution in [1.29, 1.82) is 0 Å². The normalized spacial score (nSPS) is 10.9. The van der Waals surface area contributed by atoms with E-state index in [1.165, 1.54) is 4.68 Å². The van der Waals surface area contributed by atoms with Gasteiger partial charge in [0, 0.05) is 11.9 Å². The predicted octanol–water partition coefficient (Wildman–Crippen LogP) is 0.999.